The lowest BCUT2D eigenvalue weighted by Gasteiger charge is -2.20. The van der Waals surface area contributed by atoms with Gasteiger partial charge < -0.3 is 14.7 Å². The average Bonchev–Trinajstić information content (AvgIpc) is 2.69. The summed E-state index contributed by atoms with van der Waals surface area (Å²) in [6.07, 6.45) is 1.49. The van der Waals surface area contributed by atoms with Gasteiger partial charge in [-0.3, -0.25) is 9.89 Å². The minimum atomic E-state index is -0.141. The molecule has 1 amide bonds. The number of amides is 1. The van der Waals surface area contributed by atoms with E-state index >= 15 is 0 Å². The van der Waals surface area contributed by atoms with Gasteiger partial charge in [0, 0.05) is 25.9 Å². The van der Waals surface area contributed by atoms with Gasteiger partial charge in [0.25, 0.3) is 5.91 Å². The van der Waals surface area contributed by atoms with Crippen LogP contribution in [0, 0.1) is 6.92 Å². The molecular weight excluding hydrogens is 210 g/mol. The minimum Gasteiger partial charge on any atom is -0.395 e. The molecule has 2 N–H and O–H groups in total. The first-order valence-corrected chi connectivity index (χ1v) is 5.09. The van der Waals surface area contributed by atoms with Crippen LogP contribution in [0.15, 0.2) is 6.20 Å². The average molecular weight is 227 g/mol. The van der Waals surface area contributed by atoms with Crippen molar-refractivity contribution in [3.63, 3.8) is 0 Å². The first-order chi connectivity index (χ1) is 7.70. The zero-order valence-electron chi connectivity index (χ0n) is 9.56. The van der Waals surface area contributed by atoms with Crippen LogP contribution < -0.4 is 0 Å². The maximum Gasteiger partial charge on any atom is 0.257 e. The Balaban J connectivity index is 2.70. The quantitative estimate of drug-likeness (QED) is 0.705. The Bertz CT molecular complexity index is 338. The second kappa shape index (κ2) is 6.24. The topological polar surface area (TPSA) is 78.5 Å². The molecule has 0 aliphatic carbocycles. The van der Waals surface area contributed by atoms with Crippen LogP contribution in [-0.4, -0.2) is 59.5 Å². The summed E-state index contributed by atoms with van der Waals surface area (Å²) in [5.41, 5.74) is 1.26. The molecule has 1 aromatic rings. The zero-order chi connectivity index (χ0) is 12.0. The lowest BCUT2D eigenvalue weighted by atomic mass is 10.2. The highest BCUT2D eigenvalue weighted by atomic mass is 16.5. The number of nitrogens with zero attached hydrogens (tertiary/aromatic N) is 2. The molecule has 0 aromatic carbocycles. The number of H-pyrrole nitrogens is 1. The summed E-state index contributed by atoms with van der Waals surface area (Å²) in [4.78, 5) is 13.6. The summed E-state index contributed by atoms with van der Waals surface area (Å²) >= 11 is 0. The molecule has 0 spiro atoms. The van der Waals surface area contributed by atoms with Gasteiger partial charge in [-0.05, 0) is 6.92 Å². The monoisotopic (exact) mass is 227 g/mol. The number of carbonyl (C=O) groups excluding carboxylic acids is 1. The van der Waals surface area contributed by atoms with Crippen LogP contribution in [0.2, 0.25) is 0 Å². The number of aliphatic hydroxyl groups excluding tert-OH is 1. The van der Waals surface area contributed by atoms with E-state index in [9.17, 15) is 4.79 Å². The fourth-order valence-electron chi connectivity index (χ4n) is 1.37. The van der Waals surface area contributed by atoms with E-state index in [0.29, 0.717) is 25.3 Å². The number of aliphatic hydroxyl groups is 1. The van der Waals surface area contributed by atoms with Crippen LogP contribution in [0.25, 0.3) is 0 Å². The molecule has 0 radical (unpaired) electrons. The SMILES string of the molecule is COCCN(CCO)C(=O)c1cn[nH]c1C. The Morgan fingerprint density at radius 1 is 1.62 bits per heavy atom. The van der Waals surface area contributed by atoms with Crippen LogP contribution in [0.5, 0.6) is 0 Å². The van der Waals surface area contributed by atoms with Gasteiger partial charge >= 0.3 is 0 Å². The molecule has 0 bridgehead atoms. The highest BCUT2D eigenvalue weighted by molar-refractivity contribution is 5.95. The predicted molar refractivity (Wildman–Crippen MR) is 58.2 cm³/mol. The number of rotatable bonds is 6. The van der Waals surface area contributed by atoms with E-state index in [2.05, 4.69) is 10.2 Å². The molecule has 0 aliphatic heterocycles. The molecule has 0 aliphatic rings. The van der Waals surface area contributed by atoms with Crippen molar-refractivity contribution in [1.82, 2.24) is 15.1 Å². The maximum absolute atomic E-state index is 12.0. The molecule has 0 fully saturated rings. The van der Waals surface area contributed by atoms with Crippen molar-refractivity contribution in [2.75, 3.05) is 33.4 Å². The van der Waals surface area contributed by atoms with E-state index in [1.807, 2.05) is 0 Å². The van der Waals surface area contributed by atoms with Crippen molar-refractivity contribution in [2.45, 2.75) is 6.92 Å². The van der Waals surface area contributed by atoms with Gasteiger partial charge in [0.15, 0.2) is 0 Å². The van der Waals surface area contributed by atoms with Crippen molar-refractivity contribution >= 4 is 5.91 Å². The third-order valence-corrected chi connectivity index (χ3v) is 2.28. The highest BCUT2D eigenvalue weighted by Gasteiger charge is 2.18. The molecule has 16 heavy (non-hydrogen) atoms. The molecule has 6 heteroatoms. The first-order valence-electron chi connectivity index (χ1n) is 5.09. The molecular formula is C10H17N3O3. The van der Waals surface area contributed by atoms with Crippen LogP contribution in [0.3, 0.4) is 0 Å². The van der Waals surface area contributed by atoms with E-state index in [4.69, 9.17) is 9.84 Å². The number of hydrogen-bond donors (Lipinski definition) is 2. The molecule has 1 rings (SSSR count). The Kier molecular flexibility index (Phi) is 4.94. The number of aryl methyl sites for hydroxylation is 1. The van der Waals surface area contributed by atoms with E-state index in [1.54, 1.807) is 18.9 Å². The Morgan fingerprint density at radius 2 is 2.38 bits per heavy atom. The molecule has 90 valence electrons. The van der Waals surface area contributed by atoms with Crippen molar-refractivity contribution in [3.8, 4) is 0 Å². The zero-order valence-corrected chi connectivity index (χ0v) is 9.56. The van der Waals surface area contributed by atoms with Crippen LogP contribution in [0.4, 0.5) is 0 Å². The number of aromatic nitrogens is 2. The van der Waals surface area contributed by atoms with Crippen molar-refractivity contribution in [1.29, 1.82) is 0 Å². The molecule has 1 heterocycles. The number of methoxy groups -OCH3 is 1. The summed E-state index contributed by atoms with van der Waals surface area (Å²) in [7, 11) is 1.57. The molecule has 0 saturated carbocycles. The van der Waals surface area contributed by atoms with Gasteiger partial charge in [-0.2, -0.15) is 5.10 Å². The van der Waals surface area contributed by atoms with Gasteiger partial charge in [0.05, 0.1) is 25.0 Å². The third-order valence-electron chi connectivity index (χ3n) is 2.28. The molecule has 0 atom stereocenters. The van der Waals surface area contributed by atoms with E-state index < -0.39 is 0 Å². The Labute approximate surface area is 94.2 Å². The molecule has 1 aromatic heterocycles. The number of nitrogens with one attached hydrogen (secondary N) is 1. The van der Waals surface area contributed by atoms with Gasteiger partial charge in [-0.25, -0.2) is 0 Å². The molecule has 6 nitrogen and oxygen atoms in total. The smallest absolute Gasteiger partial charge is 0.257 e. The van der Waals surface area contributed by atoms with E-state index in [-0.39, 0.29) is 12.5 Å². The van der Waals surface area contributed by atoms with E-state index in [0.717, 1.165) is 5.69 Å². The van der Waals surface area contributed by atoms with Crippen molar-refractivity contribution < 1.29 is 14.6 Å². The molecule has 0 saturated heterocycles. The van der Waals surface area contributed by atoms with Gasteiger partial charge in [-0.1, -0.05) is 0 Å². The number of hydrogen-bond acceptors (Lipinski definition) is 4. The second-order valence-electron chi connectivity index (χ2n) is 3.42. The first kappa shape index (κ1) is 12.7. The van der Waals surface area contributed by atoms with Gasteiger partial charge in [0.1, 0.15) is 0 Å². The Morgan fingerprint density at radius 3 is 2.88 bits per heavy atom. The van der Waals surface area contributed by atoms with Crippen LogP contribution in [-0.2, 0) is 4.74 Å². The van der Waals surface area contributed by atoms with Crippen LogP contribution >= 0.6 is 0 Å². The molecule has 0 unspecified atom stereocenters. The van der Waals surface area contributed by atoms with Crippen molar-refractivity contribution in [2.24, 2.45) is 0 Å². The summed E-state index contributed by atoms with van der Waals surface area (Å²) < 4.78 is 4.92. The second-order valence-corrected chi connectivity index (χ2v) is 3.42. The fourth-order valence-corrected chi connectivity index (χ4v) is 1.37. The standard InChI is InChI=1S/C10H17N3O3/c1-8-9(7-11-12-8)10(15)13(3-5-14)4-6-16-2/h7,14H,3-6H2,1-2H3,(H,11,12). The lowest BCUT2D eigenvalue weighted by molar-refractivity contribution is 0.0656. The lowest BCUT2D eigenvalue weighted by Crippen LogP contribution is -2.36. The normalized spacial score (nSPS) is 10.4. The maximum atomic E-state index is 12.0. The minimum absolute atomic E-state index is 0.0631. The van der Waals surface area contributed by atoms with Gasteiger partial charge in [0.2, 0.25) is 0 Å². The summed E-state index contributed by atoms with van der Waals surface area (Å²) in [6, 6.07) is 0. The largest absolute Gasteiger partial charge is 0.395 e. The number of aromatic amines is 1. The fraction of sp³-hybridized carbons (Fsp3) is 0.600. The predicted octanol–water partition coefficient (Wildman–Crippen LogP) is -0.201. The summed E-state index contributed by atoms with van der Waals surface area (Å²) in [5.74, 6) is -0.141. The van der Waals surface area contributed by atoms with Crippen molar-refractivity contribution in [3.05, 3.63) is 17.5 Å². The van der Waals surface area contributed by atoms with Gasteiger partial charge in [-0.15, -0.1) is 0 Å². The Hall–Kier alpha value is -1.40. The third kappa shape index (κ3) is 3.04. The van der Waals surface area contributed by atoms with E-state index in [1.165, 1.54) is 6.20 Å². The number of carbonyl (C=O) groups is 1. The highest BCUT2D eigenvalue weighted by Crippen LogP contribution is 2.07. The summed E-state index contributed by atoms with van der Waals surface area (Å²) in [5, 5.41) is 15.4. The summed E-state index contributed by atoms with van der Waals surface area (Å²) in [6.45, 7) is 2.93. The van der Waals surface area contributed by atoms with Crippen LogP contribution in [0.1, 0.15) is 16.1 Å². The number of ether oxygens (including phenoxy) is 1.